The molecule has 0 aliphatic heterocycles. The number of carbonyl (C=O) groups is 1. The standard InChI is InChI=1S/C26H30N2O4S/c1-18(2)23-7-5-6-8-25(23)32-16-15-27-26(29)21-12-11-20(4)24(17-21)28-33(30,31)22-13-9-19(3)10-14-22/h5-14,17-18,28H,15-16H2,1-4H3,(H,27,29). The monoisotopic (exact) mass is 466 g/mol. The summed E-state index contributed by atoms with van der Waals surface area (Å²) in [5, 5.41) is 2.82. The fourth-order valence-electron chi connectivity index (χ4n) is 3.31. The third-order valence-electron chi connectivity index (χ3n) is 5.26. The number of benzene rings is 3. The molecule has 0 aliphatic rings. The smallest absolute Gasteiger partial charge is 0.261 e. The van der Waals surface area contributed by atoms with E-state index in [-0.39, 0.29) is 10.8 Å². The molecule has 174 valence electrons. The minimum Gasteiger partial charge on any atom is -0.491 e. The van der Waals surface area contributed by atoms with Crippen LogP contribution in [0.15, 0.2) is 71.6 Å². The van der Waals surface area contributed by atoms with Crippen LogP contribution < -0.4 is 14.8 Å². The van der Waals surface area contributed by atoms with Crippen molar-refractivity contribution in [2.75, 3.05) is 17.9 Å². The van der Waals surface area contributed by atoms with Crippen molar-refractivity contribution in [3.05, 3.63) is 89.0 Å². The Bertz CT molecular complexity index is 1220. The van der Waals surface area contributed by atoms with Crippen LogP contribution in [-0.2, 0) is 10.0 Å². The Morgan fingerprint density at radius 2 is 1.67 bits per heavy atom. The summed E-state index contributed by atoms with van der Waals surface area (Å²) in [5.41, 5.74) is 3.54. The summed E-state index contributed by atoms with van der Waals surface area (Å²) in [6, 6.07) is 19.4. The summed E-state index contributed by atoms with van der Waals surface area (Å²) in [4.78, 5) is 12.8. The van der Waals surface area contributed by atoms with Gasteiger partial charge in [0.2, 0.25) is 0 Å². The van der Waals surface area contributed by atoms with E-state index in [1.54, 1.807) is 49.4 Å². The Kier molecular flexibility index (Phi) is 7.76. The predicted molar refractivity (Wildman–Crippen MR) is 132 cm³/mol. The highest BCUT2D eigenvalue weighted by Gasteiger charge is 2.16. The predicted octanol–water partition coefficient (Wildman–Crippen LogP) is 5.04. The van der Waals surface area contributed by atoms with E-state index in [0.717, 1.165) is 22.4 Å². The molecule has 0 heterocycles. The molecule has 0 saturated heterocycles. The number of ether oxygens (including phenoxy) is 1. The topological polar surface area (TPSA) is 84.5 Å². The van der Waals surface area contributed by atoms with Gasteiger partial charge in [-0.2, -0.15) is 0 Å². The lowest BCUT2D eigenvalue weighted by Gasteiger charge is -2.15. The molecular weight excluding hydrogens is 436 g/mol. The van der Waals surface area contributed by atoms with Gasteiger partial charge in [-0.1, -0.05) is 55.8 Å². The first-order valence-corrected chi connectivity index (χ1v) is 12.4. The molecule has 1 amide bonds. The van der Waals surface area contributed by atoms with E-state index < -0.39 is 10.0 Å². The molecule has 0 atom stereocenters. The Balaban J connectivity index is 1.63. The number of rotatable bonds is 9. The fourth-order valence-corrected chi connectivity index (χ4v) is 4.43. The number of amides is 1. The average Bonchev–Trinajstić information content (AvgIpc) is 2.78. The Labute approximate surface area is 196 Å². The number of anilines is 1. The van der Waals surface area contributed by atoms with Gasteiger partial charge in [-0.3, -0.25) is 9.52 Å². The van der Waals surface area contributed by atoms with Gasteiger partial charge < -0.3 is 10.1 Å². The average molecular weight is 467 g/mol. The van der Waals surface area contributed by atoms with Crippen molar-refractivity contribution in [3.8, 4) is 5.75 Å². The van der Waals surface area contributed by atoms with Crippen molar-refractivity contribution in [1.29, 1.82) is 0 Å². The molecule has 0 saturated carbocycles. The van der Waals surface area contributed by atoms with Gasteiger partial charge in [-0.15, -0.1) is 0 Å². The molecule has 0 radical (unpaired) electrons. The molecule has 3 aromatic rings. The number of hydrogen-bond donors (Lipinski definition) is 2. The van der Waals surface area contributed by atoms with Crippen molar-refractivity contribution in [1.82, 2.24) is 5.32 Å². The second-order valence-corrected chi connectivity index (χ2v) is 9.93. The molecule has 0 fully saturated rings. The van der Waals surface area contributed by atoms with Crippen LogP contribution in [-0.4, -0.2) is 27.5 Å². The second-order valence-electron chi connectivity index (χ2n) is 8.25. The zero-order valence-electron chi connectivity index (χ0n) is 19.4. The summed E-state index contributed by atoms with van der Waals surface area (Å²) in [5.74, 6) is 0.849. The largest absolute Gasteiger partial charge is 0.491 e. The van der Waals surface area contributed by atoms with Crippen molar-refractivity contribution in [3.63, 3.8) is 0 Å². The molecule has 0 bridgehead atoms. The number of nitrogens with one attached hydrogen (secondary N) is 2. The second kappa shape index (κ2) is 10.5. The van der Waals surface area contributed by atoms with Gasteiger partial charge in [0.1, 0.15) is 12.4 Å². The van der Waals surface area contributed by atoms with Gasteiger partial charge in [0.05, 0.1) is 17.1 Å². The van der Waals surface area contributed by atoms with Crippen molar-refractivity contribution >= 4 is 21.6 Å². The number of para-hydroxylation sites is 1. The lowest BCUT2D eigenvalue weighted by atomic mass is 10.0. The molecule has 0 aliphatic carbocycles. The first-order valence-electron chi connectivity index (χ1n) is 10.9. The highest BCUT2D eigenvalue weighted by Crippen LogP contribution is 2.25. The summed E-state index contributed by atoms with van der Waals surface area (Å²) in [7, 11) is -3.76. The fraction of sp³-hybridized carbons (Fsp3) is 0.269. The zero-order valence-corrected chi connectivity index (χ0v) is 20.2. The maximum atomic E-state index is 12.7. The van der Waals surface area contributed by atoms with Crippen LogP contribution in [0.1, 0.15) is 46.8 Å². The molecule has 0 aromatic heterocycles. The van der Waals surface area contributed by atoms with Crippen LogP contribution in [0, 0.1) is 13.8 Å². The molecule has 3 aromatic carbocycles. The quantitative estimate of drug-likeness (QED) is 0.433. The molecular formula is C26H30N2O4S. The molecule has 3 rings (SSSR count). The van der Waals surface area contributed by atoms with E-state index in [9.17, 15) is 13.2 Å². The van der Waals surface area contributed by atoms with Gasteiger partial charge in [0, 0.05) is 5.56 Å². The molecule has 6 nitrogen and oxygen atoms in total. The molecule has 0 spiro atoms. The molecule has 33 heavy (non-hydrogen) atoms. The lowest BCUT2D eigenvalue weighted by Crippen LogP contribution is -2.28. The maximum Gasteiger partial charge on any atom is 0.261 e. The number of hydrogen-bond acceptors (Lipinski definition) is 4. The van der Waals surface area contributed by atoms with Gasteiger partial charge in [-0.25, -0.2) is 8.42 Å². The van der Waals surface area contributed by atoms with E-state index >= 15 is 0 Å². The van der Waals surface area contributed by atoms with E-state index in [0.29, 0.717) is 30.3 Å². The molecule has 0 unspecified atom stereocenters. The third kappa shape index (κ3) is 6.35. The number of carbonyl (C=O) groups excluding carboxylic acids is 1. The summed E-state index contributed by atoms with van der Waals surface area (Å²) in [6.07, 6.45) is 0. The molecule has 2 N–H and O–H groups in total. The first-order chi connectivity index (χ1) is 15.7. The van der Waals surface area contributed by atoms with Crippen LogP contribution in [0.25, 0.3) is 0 Å². The highest BCUT2D eigenvalue weighted by atomic mass is 32.2. The van der Waals surface area contributed by atoms with Gasteiger partial charge in [-0.05, 0) is 61.2 Å². The Morgan fingerprint density at radius 3 is 2.36 bits per heavy atom. The van der Waals surface area contributed by atoms with Crippen LogP contribution in [0.5, 0.6) is 5.75 Å². The van der Waals surface area contributed by atoms with Crippen molar-refractivity contribution in [2.45, 2.75) is 38.5 Å². The Hall–Kier alpha value is -3.32. The van der Waals surface area contributed by atoms with Crippen LogP contribution in [0.3, 0.4) is 0 Å². The normalized spacial score (nSPS) is 11.3. The van der Waals surface area contributed by atoms with Gasteiger partial charge in [0.25, 0.3) is 15.9 Å². The zero-order chi connectivity index (χ0) is 24.0. The molecule has 7 heteroatoms. The lowest BCUT2D eigenvalue weighted by molar-refractivity contribution is 0.0947. The van der Waals surface area contributed by atoms with Crippen molar-refractivity contribution in [2.24, 2.45) is 0 Å². The third-order valence-corrected chi connectivity index (χ3v) is 6.64. The van der Waals surface area contributed by atoms with Gasteiger partial charge in [0.15, 0.2) is 0 Å². The number of sulfonamides is 1. The maximum absolute atomic E-state index is 12.7. The van der Waals surface area contributed by atoms with Crippen molar-refractivity contribution < 1.29 is 17.9 Å². The van der Waals surface area contributed by atoms with Crippen LogP contribution in [0.4, 0.5) is 5.69 Å². The van der Waals surface area contributed by atoms with E-state index in [1.807, 2.05) is 31.2 Å². The van der Waals surface area contributed by atoms with Crippen LogP contribution in [0.2, 0.25) is 0 Å². The highest BCUT2D eigenvalue weighted by molar-refractivity contribution is 7.92. The number of aryl methyl sites for hydroxylation is 2. The van der Waals surface area contributed by atoms with Gasteiger partial charge >= 0.3 is 0 Å². The summed E-state index contributed by atoms with van der Waals surface area (Å²) >= 11 is 0. The Morgan fingerprint density at radius 1 is 0.970 bits per heavy atom. The first kappa shape index (κ1) is 24.3. The summed E-state index contributed by atoms with van der Waals surface area (Å²) in [6.45, 7) is 8.54. The van der Waals surface area contributed by atoms with E-state index in [2.05, 4.69) is 23.9 Å². The van der Waals surface area contributed by atoms with E-state index in [1.165, 1.54) is 0 Å². The summed E-state index contributed by atoms with van der Waals surface area (Å²) < 4.78 is 33.9. The minimum atomic E-state index is -3.76. The minimum absolute atomic E-state index is 0.168. The van der Waals surface area contributed by atoms with Crippen LogP contribution >= 0.6 is 0 Å². The SMILES string of the molecule is Cc1ccc(S(=O)(=O)Nc2cc(C(=O)NCCOc3ccccc3C(C)C)ccc2C)cc1. The van der Waals surface area contributed by atoms with E-state index in [4.69, 9.17) is 4.74 Å².